The van der Waals surface area contributed by atoms with Gasteiger partial charge in [0.25, 0.3) is 0 Å². The van der Waals surface area contributed by atoms with Gasteiger partial charge in [-0.2, -0.15) is 0 Å². The number of nitrogens with one attached hydrogen (secondary N) is 1. The summed E-state index contributed by atoms with van der Waals surface area (Å²) in [5, 5.41) is 3.37. The number of hydrogen-bond donors (Lipinski definition) is 1. The Morgan fingerprint density at radius 3 is 1.64 bits per heavy atom. The Hall–Kier alpha value is -0.0800. The molecule has 1 N–H and O–H groups in total. The maximum Gasteiger partial charge on any atom is 0.00212 e. The molecular formula is C12H28N2. The van der Waals surface area contributed by atoms with E-state index in [1.165, 1.54) is 39.0 Å². The van der Waals surface area contributed by atoms with E-state index in [4.69, 9.17) is 0 Å². The molecule has 0 bridgehead atoms. The van der Waals surface area contributed by atoms with Gasteiger partial charge in [-0.05, 0) is 38.4 Å². The van der Waals surface area contributed by atoms with Crippen LogP contribution in [0.15, 0.2) is 0 Å². The fraction of sp³-hybridized carbons (Fsp3) is 1.00. The van der Waals surface area contributed by atoms with Crippen molar-refractivity contribution in [2.75, 3.05) is 33.2 Å². The van der Waals surface area contributed by atoms with Crippen LogP contribution >= 0.6 is 0 Å². The van der Waals surface area contributed by atoms with E-state index in [1.54, 1.807) is 0 Å². The summed E-state index contributed by atoms with van der Waals surface area (Å²) in [5.74, 6) is 0. The molecule has 2 rings (SSSR count). The molecule has 2 fully saturated rings. The SMILES string of the molecule is CC.CC.CN1CCC2(CC1)CNC2. The fourth-order valence-electron chi connectivity index (χ4n) is 1.92. The van der Waals surface area contributed by atoms with Gasteiger partial charge in [0.15, 0.2) is 0 Å². The smallest absolute Gasteiger partial charge is 0.00212 e. The Morgan fingerprint density at radius 2 is 1.36 bits per heavy atom. The molecule has 0 aromatic rings. The van der Waals surface area contributed by atoms with E-state index in [9.17, 15) is 0 Å². The average molecular weight is 200 g/mol. The zero-order valence-electron chi connectivity index (χ0n) is 10.7. The van der Waals surface area contributed by atoms with Crippen LogP contribution in [-0.2, 0) is 0 Å². The molecule has 0 amide bonds. The standard InChI is InChI=1S/C8H16N2.2C2H6/c1-10-4-2-8(3-5-10)6-9-7-8;2*1-2/h9H,2-7H2,1H3;2*1-2H3. The average Bonchev–Trinajstić information content (AvgIpc) is 2.23. The van der Waals surface area contributed by atoms with Gasteiger partial charge in [-0.15, -0.1) is 0 Å². The minimum Gasteiger partial charge on any atom is -0.316 e. The number of hydrogen-bond acceptors (Lipinski definition) is 2. The zero-order valence-corrected chi connectivity index (χ0v) is 10.7. The number of piperidine rings is 1. The molecule has 2 heterocycles. The first-order valence-electron chi connectivity index (χ1n) is 6.20. The number of nitrogens with zero attached hydrogens (tertiary/aromatic N) is 1. The largest absolute Gasteiger partial charge is 0.316 e. The molecule has 2 aliphatic rings. The lowest BCUT2D eigenvalue weighted by Gasteiger charge is -2.47. The monoisotopic (exact) mass is 200 g/mol. The first-order valence-corrected chi connectivity index (χ1v) is 6.20. The lowest BCUT2D eigenvalue weighted by atomic mass is 9.74. The summed E-state index contributed by atoms with van der Waals surface area (Å²) < 4.78 is 0. The normalized spacial score (nSPS) is 23.8. The van der Waals surface area contributed by atoms with Crippen LogP contribution in [0.25, 0.3) is 0 Å². The molecule has 0 radical (unpaired) electrons. The molecule has 86 valence electrons. The minimum atomic E-state index is 0.729. The Labute approximate surface area is 90.1 Å². The van der Waals surface area contributed by atoms with Gasteiger partial charge < -0.3 is 10.2 Å². The molecule has 2 heteroatoms. The van der Waals surface area contributed by atoms with Crippen molar-refractivity contribution in [2.24, 2.45) is 5.41 Å². The molecule has 14 heavy (non-hydrogen) atoms. The van der Waals surface area contributed by atoms with Crippen LogP contribution < -0.4 is 5.32 Å². The van der Waals surface area contributed by atoms with Crippen LogP contribution in [0, 0.1) is 5.41 Å². The van der Waals surface area contributed by atoms with Crippen molar-refractivity contribution in [1.82, 2.24) is 10.2 Å². The Balaban J connectivity index is 0.000000379. The molecule has 2 nitrogen and oxygen atoms in total. The second kappa shape index (κ2) is 7.24. The van der Waals surface area contributed by atoms with Crippen LogP contribution in [-0.4, -0.2) is 38.1 Å². The summed E-state index contributed by atoms with van der Waals surface area (Å²) >= 11 is 0. The first-order chi connectivity index (χ1) is 6.81. The Bertz CT molecular complexity index is 120. The molecule has 0 aliphatic carbocycles. The highest BCUT2D eigenvalue weighted by Gasteiger charge is 2.38. The summed E-state index contributed by atoms with van der Waals surface area (Å²) in [5.41, 5.74) is 0.729. The van der Waals surface area contributed by atoms with E-state index in [0.29, 0.717) is 0 Å². The molecule has 0 aromatic heterocycles. The molecule has 2 aliphatic heterocycles. The molecule has 0 unspecified atom stereocenters. The molecule has 0 aromatic carbocycles. The topological polar surface area (TPSA) is 15.3 Å². The summed E-state index contributed by atoms with van der Waals surface area (Å²) in [6.45, 7) is 13.2. The van der Waals surface area contributed by atoms with Gasteiger partial charge in [0.2, 0.25) is 0 Å². The van der Waals surface area contributed by atoms with Crippen LogP contribution in [0.3, 0.4) is 0 Å². The van der Waals surface area contributed by atoms with E-state index in [1.807, 2.05) is 27.7 Å². The van der Waals surface area contributed by atoms with Crippen molar-refractivity contribution >= 4 is 0 Å². The van der Waals surface area contributed by atoms with Crippen molar-refractivity contribution in [2.45, 2.75) is 40.5 Å². The van der Waals surface area contributed by atoms with Gasteiger partial charge in [0.05, 0.1) is 0 Å². The van der Waals surface area contributed by atoms with Crippen LogP contribution in [0.2, 0.25) is 0 Å². The molecular weight excluding hydrogens is 172 g/mol. The highest BCUT2D eigenvalue weighted by molar-refractivity contribution is 4.95. The van der Waals surface area contributed by atoms with E-state index in [2.05, 4.69) is 17.3 Å². The van der Waals surface area contributed by atoms with E-state index >= 15 is 0 Å². The summed E-state index contributed by atoms with van der Waals surface area (Å²) in [4.78, 5) is 2.43. The maximum atomic E-state index is 3.37. The van der Waals surface area contributed by atoms with Gasteiger partial charge >= 0.3 is 0 Å². The third kappa shape index (κ3) is 3.58. The van der Waals surface area contributed by atoms with Crippen molar-refractivity contribution < 1.29 is 0 Å². The quantitative estimate of drug-likeness (QED) is 0.646. The van der Waals surface area contributed by atoms with Crippen molar-refractivity contribution in [3.63, 3.8) is 0 Å². The second-order valence-corrected chi connectivity index (χ2v) is 3.91. The third-order valence-electron chi connectivity index (χ3n) is 3.05. The first kappa shape index (κ1) is 13.9. The lowest BCUT2D eigenvalue weighted by Crippen LogP contribution is -2.57. The van der Waals surface area contributed by atoms with Gasteiger partial charge in [-0.25, -0.2) is 0 Å². The second-order valence-electron chi connectivity index (χ2n) is 3.91. The maximum absolute atomic E-state index is 3.37. The van der Waals surface area contributed by atoms with Gasteiger partial charge in [-0.3, -0.25) is 0 Å². The van der Waals surface area contributed by atoms with Gasteiger partial charge in [0.1, 0.15) is 0 Å². The van der Waals surface area contributed by atoms with Crippen LogP contribution in [0.1, 0.15) is 40.5 Å². The highest BCUT2D eigenvalue weighted by atomic mass is 15.1. The molecule has 2 saturated heterocycles. The van der Waals surface area contributed by atoms with Crippen molar-refractivity contribution in [3.05, 3.63) is 0 Å². The molecule has 0 saturated carbocycles. The van der Waals surface area contributed by atoms with Crippen LogP contribution in [0.5, 0.6) is 0 Å². The summed E-state index contributed by atoms with van der Waals surface area (Å²) in [6.07, 6.45) is 2.83. The summed E-state index contributed by atoms with van der Waals surface area (Å²) in [7, 11) is 2.22. The lowest BCUT2D eigenvalue weighted by molar-refractivity contribution is 0.0671. The van der Waals surface area contributed by atoms with Gasteiger partial charge in [-0.1, -0.05) is 27.7 Å². The molecule has 0 atom stereocenters. The molecule has 1 spiro atoms. The van der Waals surface area contributed by atoms with E-state index < -0.39 is 0 Å². The highest BCUT2D eigenvalue weighted by Crippen LogP contribution is 2.34. The third-order valence-corrected chi connectivity index (χ3v) is 3.05. The van der Waals surface area contributed by atoms with Crippen molar-refractivity contribution in [1.29, 1.82) is 0 Å². The Kier molecular flexibility index (Phi) is 7.20. The zero-order chi connectivity index (χ0) is 11.0. The Morgan fingerprint density at radius 1 is 0.929 bits per heavy atom. The van der Waals surface area contributed by atoms with E-state index in [0.717, 1.165) is 5.41 Å². The summed E-state index contributed by atoms with van der Waals surface area (Å²) in [6, 6.07) is 0. The fourth-order valence-corrected chi connectivity index (χ4v) is 1.92. The van der Waals surface area contributed by atoms with Crippen molar-refractivity contribution in [3.8, 4) is 0 Å². The number of rotatable bonds is 0. The predicted molar refractivity (Wildman–Crippen MR) is 64.7 cm³/mol. The minimum absolute atomic E-state index is 0.729. The van der Waals surface area contributed by atoms with Crippen LogP contribution in [0.4, 0.5) is 0 Å². The number of likely N-dealkylation sites (tertiary alicyclic amines) is 1. The van der Waals surface area contributed by atoms with E-state index in [-0.39, 0.29) is 0 Å². The van der Waals surface area contributed by atoms with Gasteiger partial charge in [0, 0.05) is 13.1 Å². The predicted octanol–water partition coefficient (Wildman–Crippen LogP) is 2.35.